The first-order valence-corrected chi connectivity index (χ1v) is 8.12. The van der Waals surface area contributed by atoms with Crippen LogP contribution in [0.15, 0.2) is 36.6 Å². The van der Waals surface area contributed by atoms with Gasteiger partial charge in [-0.15, -0.1) is 0 Å². The van der Waals surface area contributed by atoms with Crippen LogP contribution >= 0.6 is 0 Å². The number of carbonyl (C=O) groups excluding carboxylic acids is 2. The predicted molar refractivity (Wildman–Crippen MR) is 81.7 cm³/mol. The molecule has 2 fully saturated rings. The molecule has 1 aromatic rings. The zero-order valence-electron chi connectivity index (χ0n) is 12.8. The van der Waals surface area contributed by atoms with Crippen molar-refractivity contribution in [3.63, 3.8) is 0 Å². The second kappa shape index (κ2) is 3.96. The number of piperidine rings is 1. The summed E-state index contributed by atoms with van der Waals surface area (Å²) in [6, 6.07) is 7.80. The van der Waals surface area contributed by atoms with Gasteiger partial charge in [0.25, 0.3) is 0 Å². The van der Waals surface area contributed by atoms with Gasteiger partial charge in [0.15, 0.2) is 11.1 Å². The summed E-state index contributed by atoms with van der Waals surface area (Å²) >= 11 is 0. The number of amides is 1. The molecule has 4 aliphatic rings. The molecular weight excluding hydrogens is 294 g/mol. The molecule has 118 valence electrons. The van der Waals surface area contributed by atoms with Crippen molar-refractivity contribution in [2.45, 2.75) is 36.8 Å². The average Bonchev–Trinajstić information content (AvgIpc) is 3.03. The van der Waals surface area contributed by atoms with Gasteiger partial charge in [0.1, 0.15) is 0 Å². The zero-order valence-corrected chi connectivity index (χ0v) is 12.8. The third kappa shape index (κ3) is 1.14. The fourth-order valence-electron chi connectivity index (χ4n) is 5.31. The Bertz CT molecular complexity index is 772. The average molecular weight is 311 g/mol. The lowest BCUT2D eigenvalue weighted by Crippen LogP contribution is -2.83. The van der Waals surface area contributed by atoms with E-state index in [0.29, 0.717) is 19.4 Å². The Balaban J connectivity index is 1.79. The van der Waals surface area contributed by atoms with Gasteiger partial charge in [0.2, 0.25) is 5.91 Å². The normalized spacial score (nSPS) is 38.3. The maximum absolute atomic E-state index is 13.1. The van der Waals surface area contributed by atoms with Gasteiger partial charge in [-0.1, -0.05) is 18.2 Å². The van der Waals surface area contributed by atoms with Crippen LogP contribution in [0.4, 0.5) is 5.69 Å². The number of anilines is 1. The number of benzene rings is 1. The van der Waals surface area contributed by atoms with E-state index in [1.807, 2.05) is 30.3 Å². The molecule has 1 amide bonds. The highest BCUT2D eigenvalue weighted by atomic mass is 16.5. The van der Waals surface area contributed by atoms with E-state index in [1.54, 1.807) is 18.1 Å². The number of rotatable bonds is 2. The molecule has 0 aromatic heterocycles. The van der Waals surface area contributed by atoms with Crippen LogP contribution in [0.2, 0.25) is 0 Å². The second-order valence-electron chi connectivity index (χ2n) is 6.61. The lowest BCUT2D eigenvalue weighted by Gasteiger charge is -2.64. The van der Waals surface area contributed by atoms with Gasteiger partial charge in [-0.2, -0.15) is 0 Å². The molecule has 23 heavy (non-hydrogen) atoms. The summed E-state index contributed by atoms with van der Waals surface area (Å²) in [6.45, 7) is 2.08. The largest absolute Gasteiger partial charge is 0.491 e. The molecule has 0 unspecified atom stereocenters. The molecule has 0 bridgehead atoms. The standard InChI is InChI=1S/C18H17NO4/c1-2-22-16(21)18-15-11-5-3-4-6-13(11)19(18)14(20)7-9-17(18)12(15)8-10-23-17/h3-6,8,10,12,15H,2,7,9H2,1H3/t12-,15-,17-,18+/m0/s1. The Labute approximate surface area is 133 Å². The maximum Gasteiger partial charge on any atom is 0.337 e. The third-order valence-electron chi connectivity index (χ3n) is 5.97. The van der Waals surface area contributed by atoms with E-state index in [0.717, 1.165) is 11.3 Å². The molecule has 1 aromatic carbocycles. The summed E-state index contributed by atoms with van der Waals surface area (Å²) in [5.74, 6) is -0.325. The molecule has 0 radical (unpaired) electrons. The molecule has 4 atom stereocenters. The zero-order chi connectivity index (χ0) is 15.8. The Morgan fingerprint density at radius 2 is 2.26 bits per heavy atom. The number of ether oxygens (including phenoxy) is 2. The number of hydrogen-bond donors (Lipinski definition) is 0. The lowest BCUT2D eigenvalue weighted by molar-refractivity contribution is -0.201. The number of nitrogens with zero attached hydrogens (tertiary/aromatic N) is 1. The highest BCUT2D eigenvalue weighted by molar-refractivity contribution is 6.10. The minimum Gasteiger partial charge on any atom is -0.491 e. The number of para-hydroxylation sites is 1. The number of esters is 1. The second-order valence-corrected chi connectivity index (χ2v) is 6.61. The molecule has 5 heteroatoms. The van der Waals surface area contributed by atoms with Crippen molar-refractivity contribution in [3.05, 3.63) is 42.2 Å². The van der Waals surface area contributed by atoms with Gasteiger partial charge in [-0.25, -0.2) is 4.79 Å². The molecule has 5 nitrogen and oxygen atoms in total. The molecule has 0 N–H and O–H groups in total. The van der Waals surface area contributed by atoms with E-state index in [4.69, 9.17) is 9.47 Å². The van der Waals surface area contributed by atoms with E-state index in [1.165, 1.54) is 0 Å². The Kier molecular flexibility index (Phi) is 2.27. The summed E-state index contributed by atoms with van der Waals surface area (Å²) in [7, 11) is 0. The fraction of sp³-hybridized carbons (Fsp3) is 0.444. The molecule has 1 saturated carbocycles. The third-order valence-corrected chi connectivity index (χ3v) is 5.97. The summed E-state index contributed by atoms with van der Waals surface area (Å²) in [4.78, 5) is 27.5. The lowest BCUT2D eigenvalue weighted by atomic mass is 9.46. The first-order chi connectivity index (χ1) is 11.2. The van der Waals surface area contributed by atoms with Crippen LogP contribution in [0.1, 0.15) is 31.2 Å². The van der Waals surface area contributed by atoms with Crippen molar-refractivity contribution < 1.29 is 19.1 Å². The minimum atomic E-state index is -1.05. The van der Waals surface area contributed by atoms with Crippen molar-refractivity contribution in [1.29, 1.82) is 0 Å². The van der Waals surface area contributed by atoms with Gasteiger partial charge in [0.05, 0.1) is 12.9 Å². The van der Waals surface area contributed by atoms with Crippen LogP contribution in [-0.2, 0) is 19.1 Å². The first kappa shape index (κ1) is 13.2. The van der Waals surface area contributed by atoms with E-state index in [2.05, 4.69) is 0 Å². The Morgan fingerprint density at radius 3 is 3.09 bits per heavy atom. The van der Waals surface area contributed by atoms with Gasteiger partial charge >= 0.3 is 5.97 Å². The van der Waals surface area contributed by atoms with E-state index in [9.17, 15) is 9.59 Å². The summed E-state index contributed by atoms with van der Waals surface area (Å²) in [6.07, 6.45) is 4.68. The summed E-state index contributed by atoms with van der Waals surface area (Å²) in [5.41, 5.74) is 0.167. The predicted octanol–water partition coefficient (Wildman–Crippen LogP) is 2.12. The van der Waals surface area contributed by atoms with E-state index < -0.39 is 11.1 Å². The molecule has 1 spiro atoms. The van der Waals surface area contributed by atoms with Crippen molar-refractivity contribution in [1.82, 2.24) is 0 Å². The minimum absolute atomic E-state index is 0.0208. The van der Waals surface area contributed by atoms with Gasteiger partial charge in [0, 0.05) is 23.9 Å². The fourth-order valence-corrected chi connectivity index (χ4v) is 5.31. The highest BCUT2D eigenvalue weighted by Gasteiger charge is 2.86. The van der Waals surface area contributed by atoms with Crippen LogP contribution in [0.25, 0.3) is 0 Å². The maximum atomic E-state index is 13.1. The van der Waals surface area contributed by atoms with Gasteiger partial charge in [-0.05, 0) is 31.1 Å². The molecular formula is C18H17NO4. The van der Waals surface area contributed by atoms with E-state index in [-0.39, 0.29) is 23.7 Å². The topological polar surface area (TPSA) is 55.8 Å². The van der Waals surface area contributed by atoms with Crippen molar-refractivity contribution in [2.75, 3.05) is 11.5 Å². The monoisotopic (exact) mass is 311 g/mol. The Morgan fingerprint density at radius 1 is 1.43 bits per heavy atom. The van der Waals surface area contributed by atoms with Crippen molar-refractivity contribution >= 4 is 17.6 Å². The highest BCUT2D eigenvalue weighted by Crippen LogP contribution is 2.73. The van der Waals surface area contributed by atoms with Crippen LogP contribution in [0.5, 0.6) is 0 Å². The SMILES string of the molecule is CCOC(=O)[C@@]12[C@H]3c4ccccc4N1C(=O)CC[C@@]21OC=C[C@@H]31. The van der Waals surface area contributed by atoms with Crippen molar-refractivity contribution in [3.8, 4) is 0 Å². The van der Waals surface area contributed by atoms with Gasteiger partial charge < -0.3 is 9.47 Å². The molecule has 5 rings (SSSR count). The van der Waals surface area contributed by atoms with Crippen molar-refractivity contribution in [2.24, 2.45) is 5.92 Å². The van der Waals surface area contributed by atoms with Crippen LogP contribution in [-0.4, -0.2) is 29.6 Å². The number of fused-ring (bicyclic) bond motifs is 4. The number of carbonyl (C=O) groups is 2. The van der Waals surface area contributed by atoms with E-state index >= 15 is 0 Å². The number of hydrogen-bond acceptors (Lipinski definition) is 4. The smallest absolute Gasteiger partial charge is 0.337 e. The van der Waals surface area contributed by atoms with Crippen LogP contribution in [0, 0.1) is 5.92 Å². The molecule has 1 aliphatic carbocycles. The Hall–Kier alpha value is -2.30. The van der Waals surface area contributed by atoms with Crippen LogP contribution < -0.4 is 4.90 Å². The molecule has 1 saturated heterocycles. The van der Waals surface area contributed by atoms with Gasteiger partial charge in [-0.3, -0.25) is 9.69 Å². The first-order valence-electron chi connectivity index (χ1n) is 8.12. The molecule has 3 heterocycles. The summed E-state index contributed by atoms with van der Waals surface area (Å²) < 4.78 is 11.4. The summed E-state index contributed by atoms with van der Waals surface area (Å²) in [5, 5.41) is 0. The quantitative estimate of drug-likeness (QED) is 0.785. The van der Waals surface area contributed by atoms with Crippen LogP contribution in [0.3, 0.4) is 0 Å². The molecule has 3 aliphatic heterocycles.